The molecule has 0 bridgehead atoms. The normalized spacial score (nSPS) is 11.4. The lowest BCUT2D eigenvalue weighted by Gasteiger charge is -2.06. The van der Waals surface area contributed by atoms with E-state index >= 15 is 0 Å². The maximum Gasteiger partial charge on any atom is 0.246 e. The molecule has 1 N–H and O–H groups in total. The van der Waals surface area contributed by atoms with E-state index in [0.29, 0.717) is 27.2 Å². The maximum absolute atomic E-state index is 10.2. The van der Waals surface area contributed by atoms with Gasteiger partial charge in [-0.25, -0.2) is 9.97 Å². The number of halogens is 2. The second kappa shape index (κ2) is 5.07. The molecule has 0 aliphatic rings. The van der Waals surface area contributed by atoms with Crippen LogP contribution in [0.15, 0.2) is 55.8 Å². The maximum atomic E-state index is 10.2. The van der Waals surface area contributed by atoms with Gasteiger partial charge >= 0.3 is 0 Å². The van der Waals surface area contributed by atoms with Crippen LogP contribution in [0.1, 0.15) is 0 Å². The van der Waals surface area contributed by atoms with Gasteiger partial charge in [0.25, 0.3) is 0 Å². The van der Waals surface area contributed by atoms with Gasteiger partial charge in [-0.1, -0.05) is 28.1 Å². The lowest BCUT2D eigenvalue weighted by atomic mass is 10.2. The molecular formula is C16H8Br2N2O2. The molecule has 0 unspecified atom stereocenters. The van der Waals surface area contributed by atoms with Gasteiger partial charge in [-0.05, 0) is 46.3 Å². The van der Waals surface area contributed by atoms with Gasteiger partial charge < -0.3 is 9.52 Å². The zero-order valence-corrected chi connectivity index (χ0v) is 14.2. The molecule has 0 saturated heterocycles. The SMILES string of the molecule is Oc1c(Br)cc(Br)c2ccc(-c3nc4ccccc4o3)nc12. The summed E-state index contributed by atoms with van der Waals surface area (Å²) in [5, 5.41) is 11.0. The minimum Gasteiger partial charge on any atom is -0.505 e. The van der Waals surface area contributed by atoms with E-state index < -0.39 is 0 Å². The van der Waals surface area contributed by atoms with Crippen LogP contribution in [-0.2, 0) is 0 Å². The predicted octanol–water partition coefficient (Wildman–Crippen LogP) is 5.27. The van der Waals surface area contributed by atoms with Crippen molar-refractivity contribution in [2.24, 2.45) is 0 Å². The van der Waals surface area contributed by atoms with E-state index in [0.717, 1.165) is 15.4 Å². The molecule has 108 valence electrons. The van der Waals surface area contributed by atoms with Crippen molar-refractivity contribution in [3.8, 4) is 17.3 Å². The van der Waals surface area contributed by atoms with E-state index in [1.807, 2.05) is 36.4 Å². The first-order valence-corrected chi connectivity index (χ1v) is 8.06. The number of aromatic nitrogens is 2. The Morgan fingerprint density at radius 3 is 2.59 bits per heavy atom. The highest BCUT2D eigenvalue weighted by Gasteiger charge is 2.14. The van der Waals surface area contributed by atoms with Crippen LogP contribution in [-0.4, -0.2) is 15.1 Å². The highest BCUT2D eigenvalue weighted by Crippen LogP contribution is 2.37. The smallest absolute Gasteiger partial charge is 0.246 e. The van der Waals surface area contributed by atoms with Gasteiger partial charge in [0.1, 0.15) is 16.7 Å². The molecule has 0 fully saturated rings. The van der Waals surface area contributed by atoms with Crippen LogP contribution in [0.3, 0.4) is 0 Å². The fraction of sp³-hybridized carbons (Fsp3) is 0. The third kappa shape index (κ3) is 2.10. The molecule has 4 nitrogen and oxygen atoms in total. The van der Waals surface area contributed by atoms with Crippen molar-refractivity contribution in [3.05, 3.63) is 51.4 Å². The Kier molecular flexibility index (Phi) is 3.16. The molecule has 0 spiro atoms. The summed E-state index contributed by atoms with van der Waals surface area (Å²) >= 11 is 6.79. The van der Waals surface area contributed by atoms with Crippen LogP contribution >= 0.6 is 31.9 Å². The number of aromatic hydroxyl groups is 1. The van der Waals surface area contributed by atoms with Crippen LogP contribution in [0, 0.1) is 0 Å². The molecule has 4 aromatic rings. The number of phenols is 1. The molecule has 0 aliphatic carbocycles. The molecule has 2 aromatic carbocycles. The Hall–Kier alpha value is -1.92. The first-order chi connectivity index (χ1) is 10.6. The number of benzene rings is 2. The summed E-state index contributed by atoms with van der Waals surface area (Å²) in [6.45, 7) is 0. The standard InChI is InChI=1S/C16H8Br2N2O2/c17-9-7-10(18)15(21)14-8(9)5-6-12(19-14)16-20-11-3-1-2-4-13(11)22-16/h1-7,21H. The van der Waals surface area contributed by atoms with Gasteiger partial charge in [0.15, 0.2) is 11.3 Å². The molecule has 0 radical (unpaired) electrons. The largest absolute Gasteiger partial charge is 0.505 e. The molecule has 2 aromatic heterocycles. The predicted molar refractivity (Wildman–Crippen MR) is 91.8 cm³/mol. The Labute approximate surface area is 142 Å². The molecule has 0 saturated carbocycles. The van der Waals surface area contributed by atoms with Crippen LogP contribution < -0.4 is 0 Å². The summed E-state index contributed by atoms with van der Waals surface area (Å²) in [6, 6.07) is 13.0. The number of para-hydroxylation sites is 2. The topological polar surface area (TPSA) is 59.2 Å². The van der Waals surface area contributed by atoms with Gasteiger partial charge in [0.05, 0.1) is 4.47 Å². The molecule has 22 heavy (non-hydrogen) atoms. The molecule has 0 amide bonds. The number of fused-ring (bicyclic) bond motifs is 2. The third-order valence-electron chi connectivity index (χ3n) is 3.37. The molecular weight excluding hydrogens is 412 g/mol. The van der Waals surface area contributed by atoms with Crippen molar-refractivity contribution in [2.75, 3.05) is 0 Å². The minimum absolute atomic E-state index is 0.0937. The average Bonchev–Trinajstić information content (AvgIpc) is 2.96. The zero-order valence-electron chi connectivity index (χ0n) is 11.0. The Morgan fingerprint density at radius 1 is 0.955 bits per heavy atom. The van der Waals surface area contributed by atoms with Crippen LogP contribution in [0.4, 0.5) is 0 Å². The van der Waals surface area contributed by atoms with Crippen molar-refractivity contribution in [1.82, 2.24) is 9.97 Å². The van der Waals surface area contributed by atoms with E-state index in [2.05, 4.69) is 41.8 Å². The number of hydrogen-bond acceptors (Lipinski definition) is 4. The fourth-order valence-corrected chi connectivity index (χ4v) is 3.58. The van der Waals surface area contributed by atoms with Gasteiger partial charge in [0.2, 0.25) is 5.89 Å². The zero-order chi connectivity index (χ0) is 15.3. The first kappa shape index (κ1) is 13.7. The van der Waals surface area contributed by atoms with Crippen molar-refractivity contribution in [2.45, 2.75) is 0 Å². The summed E-state index contributed by atoms with van der Waals surface area (Å²) in [4.78, 5) is 8.93. The van der Waals surface area contributed by atoms with E-state index in [1.165, 1.54) is 0 Å². The molecule has 0 atom stereocenters. The quantitative estimate of drug-likeness (QED) is 0.456. The lowest BCUT2D eigenvalue weighted by Crippen LogP contribution is -1.87. The van der Waals surface area contributed by atoms with Crippen LogP contribution in [0.5, 0.6) is 5.75 Å². The lowest BCUT2D eigenvalue weighted by molar-refractivity contribution is 0.477. The van der Waals surface area contributed by atoms with Crippen molar-refractivity contribution in [3.63, 3.8) is 0 Å². The molecule has 0 aliphatic heterocycles. The van der Waals surface area contributed by atoms with Gasteiger partial charge in [-0.2, -0.15) is 0 Å². The highest BCUT2D eigenvalue weighted by atomic mass is 79.9. The monoisotopic (exact) mass is 418 g/mol. The summed E-state index contributed by atoms with van der Waals surface area (Å²) < 4.78 is 7.15. The van der Waals surface area contributed by atoms with E-state index in [4.69, 9.17) is 4.42 Å². The fourth-order valence-electron chi connectivity index (χ4n) is 2.30. The van der Waals surface area contributed by atoms with Crippen LogP contribution in [0.25, 0.3) is 33.6 Å². The number of pyridine rings is 1. The second-order valence-corrected chi connectivity index (χ2v) is 6.48. The second-order valence-electron chi connectivity index (χ2n) is 4.77. The van der Waals surface area contributed by atoms with Gasteiger partial charge in [-0.15, -0.1) is 0 Å². The van der Waals surface area contributed by atoms with Gasteiger partial charge in [0, 0.05) is 9.86 Å². The summed E-state index contributed by atoms with van der Waals surface area (Å²) in [5.41, 5.74) is 2.54. The number of rotatable bonds is 1. The minimum atomic E-state index is 0.0937. The number of nitrogens with zero attached hydrogens (tertiary/aromatic N) is 2. The summed E-state index contributed by atoms with van der Waals surface area (Å²) in [5.74, 6) is 0.523. The molecule has 2 heterocycles. The van der Waals surface area contributed by atoms with Crippen LogP contribution in [0.2, 0.25) is 0 Å². The first-order valence-electron chi connectivity index (χ1n) is 6.47. The van der Waals surface area contributed by atoms with Crippen molar-refractivity contribution >= 4 is 53.9 Å². The highest BCUT2D eigenvalue weighted by molar-refractivity contribution is 9.11. The third-order valence-corrected chi connectivity index (χ3v) is 4.63. The van der Waals surface area contributed by atoms with Gasteiger partial charge in [-0.3, -0.25) is 0 Å². The number of hydrogen-bond donors (Lipinski definition) is 1. The van der Waals surface area contributed by atoms with E-state index in [1.54, 1.807) is 6.07 Å². The molecule has 6 heteroatoms. The number of phenolic OH excluding ortho intramolecular Hbond substituents is 1. The summed E-state index contributed by atoms with van der Waals surface area (Å²) in [6.07, 6.45) is 0. The number of oxazole rings is 1. The van der Waals surface area contributed by atoms with Crippen molar-refractivity contribution < 1.29 is 9.52 Å². The summed E-state index contributed by atoms with van der Waals surface area (Å²) in [7, 11) is 0. The average molecular weight is 420 g/mol. The van der Waals surface area contributed by atoms with E-state index in [-0.39, 0.29) is 5.75 Å². The Bertz CT molecular complexity index is 994. The Morgan fingerprint density at radius 2 is 1.77 bits per heavy atom. The molecule has 4 rings (SSSR count). The van der Waals surface area contributed by atoms with E-state index in [9.17, 15) is 5.11 Å². The Balaban J connectivity index is 1.97. The van der Waals surface area contributed by atoms with Crippen molar-refractivity contribution in [1.29, 1.82) is 0 Å².